The second-order valence-corrected chi connectivity index (χ2v) is 8.80. The van der Waals surface area contributed by atoms with Crippen LogP contribution < -0.4 is 10.2 Å². The average molecular weight is 410 g/mol. The van der Waals surface area contributed by atoms with E-state index in [4.69, 9.17) is 4.74 Å². The monoisotopic (exact) mass is 410 g/mol. The second kappa shape index (κ2) is 7.55. The molecule has 1 unspecified atom stereocenters. The van der Waals surface area contributed by atoms with Gasteiger partial charge in [-0.25, -0.2) is 4.79 Å². The van der Waals surface area contributed by atoms with Gasteiger partial charge in [0.25, 0.3) is 5.91 Å². The Balaban J connectivity index is 1.41. The Kier molecular flexibility index (Phi) is 5.08. The van der Waals surface area contributed by atoms with Crippen LogP contribution in [0.25, 0.3) is 0 Å². The SMILES string of the molecule is CC(C)c1ccc(NC(=O)COC(=O)C23CCC(=O)N2c2ccccc2S3)cc1. The van der Waals surface area contributed by atoms with Gasteiger partial charge >= 0.3 is 5.97 Å². The van der Waals surface area contributed by atoms with Crippen molar-refractivity contribution in [2.45, 2.75) is 42.4 Å². The Hall–Kier alpha value is -2.80. The summed E-state index contributed by atoms with van der Waals surface area (Å²) in [7, 11) is 0. The summed E-state index contributed by atoms with van der Waals surface area (Å²) in [4.78, 5) is 38.9. The number of esters is 1. The fourth-order valence-electron chi connectivity index (χ4n) is 3.66. The topological polar surface area (TPSA) is 75.7 Å². The molecule has 0 spiro atoms. The molecule has 0 bridgehead atoms. The Morgan fingerprint density at radius 2 is 1.90 bits per heavy atom. The van der Waals surface area contributed by atoms with Crippen LogP contribution >= 0.6 is 11.8 Å². The maximum atomic E-state index is 12.9. The van der Waals surface area contributed by atoms with Gasteiger partial charge in [0.2, 0.25) is 5.91 Å². The summed E-state index contributed by atoms with van der Waals surface area (Å²) in [6.07, 6.45) is 0.646. The van der Waals surface area contributed by atoms with E-state index in [0.29, 0.717) is 18.0 Å². The van der Waals surface area contributed by atoms with Gasteiger partial charge in [-0.2, -0.15) is 0 Å². The second-order valence-electron chi connectivity index (χ2n) is 7.48. The Labute approximate surface area is 173 Å². The van der Waals surface area contributed by atoms with Gasteiger partial charge in [0.05, 0.1) is 5.69 Å². The summed E-state index contributed by atoms with van der Waals surface area (Å²) >= 11 is 1.32. The number of hydrogen-bond donors (Lipinski definition) is 1. The zero-order valence-corrected chi connectivity index (χ0v) is 17.1. The van der Waals surface area contributed by atoms with E-state index in [-0.39, 0.29) is 12.3 Å². The summed E-state index contributed by atoms with van der Waals surface area (Å²) in [5.74, 6) is -0.669. The lowest BCUT2D eigenvalue weighted by molar-refractivity contribution is -0.149. The third kappa shape index (κ3) is 3.51. The van der Waals surface area contributed by atoms with Gasteiger partial charge in [0, 0.05) is 23.4 Å². The van der Waals surface area contributed by atoms with E-state index >= 15 is 0 Å². The van der Waals surface area contributed by atoms with Crippen LogP contribution in [0.4, 0.5) is 11.4 Å². The van der Waals surface area contributed by atoms with Gasteiger partial charge in [-0.3, -0.25) is 14.5 Å². The van der Waals surface area contributed by atoms with Gasteiger partial charge < -0.3 is 10.1 Å². The number of benzene rings is 2. The molecule has 6 nitrogen and oxygen atoms in total. The molecule has 1 atom stereocenters. The molecule has 4 rings (SSSR count). The molecule has 2 heterocycles. The minimum atomic E-state index is -1.11. The number of carbonyl (C=O) groups is 3. The van der Waals surface area contributed by atoms with Crippen molar-refractivity contribution in [1.29, 1.82) is 0 Å². The van der Waals surface area contributed by atoms with Gasteiger partial charge in [0.1, 0.15) is 0 Å². The normalized spacial score (nSPS) is 19.8. The first-order chi connectivity index (χ1) is 13.9. The first-order valence-electron chi connectivity index (χ1n) is 9.59. The molecule has 7 heteroatoms. The van der Waals surface area contributed by atoms with Crippen LogP contribution in [0.15, 0.2) is 53.4 Å². The van der Waals surface area contributed by atoms with Crippen molar-refractivity contribution in [3.8, 4) is 0 Å². The quantitative estimate of drug-likeness (QED) is 0.756. The molecule has 1 N–H and O–H groups in total. The van der Waals surface area contributed by atoms with Crippen molar-refractivity contribution in [3.63, 3.8) is 0 Å². The van der Waals surface area contributed by atoms with E-state index in [1.165, 1.54) is 22.2 Å². The third-order valence-electron chi connectivity index (χ3n) is 5.19. The Bertz CT molecular complexity index is 973. The largest absolute Gasteiger partial charge is 0.453 e. The molecule has 0 saturated carbocycles. The van der Waals surface area contributed by atoms with E-state index in [0.717, 1.165) is 10.6 Å². The fourth-order valence-corrected chi connectivity index (χ4v) is 5.08. The van der Waals surface area contributed by atoms with E-state index in [1.807, 2.05) is 48.5 Å². The van der Waals surface area contributed by atoms with Crippen molar-refractivity contribution < 1.29 is 19.1 Å². The Morgan fingerprint density at radius 1 is 1.17 bits per heavy atom. The van der Waals surface area contributed by atoms with Crippen LogP contribution in [0.3, 0.4) is 0 Å². The molecule has 1 saturated heterocycles. The van der Waals surface area contributed by atoms with E-state index in [2.05, 4.69) is 19.2 Å². The Morgan fingerprint density at radius 3 is 2.62 bits per heavy atom. The number of amides is 2. The summed E-state index contributed by atoms with van der Waals surface area (Å²) < 4.78 is 5.34. The zero-order valence-electron chi connectivity index (χ0n) is 16.3. The molecule has 2 aromatic carbocycles. The lowest BCUT2D eigenvalue weighted by Gasteiger charge is -2.28. The molecule has 0 radical (unpaired) electrons. The first-order valence-corrected chi connectivity index (χ1v) is 10.4. The van der Waals surface area contributed by atoms with Gasteiger partial charge in [-0.15, -0.1) is 0 Å². The zero-order chi connectivity index (χ0) is 20.6. The lowest BCUT2D eigenvalue weighted by Crippen LogP contribution is -2.48. The summed E-state index contributed by atoms with van der Waals surface area (Å²) in [6.45, 7) is 3.80. The first kappa shape index (κ1) is 19.5. The van der Waals surface area contributed by atoms with Crippen LogP contribution in [-0.4, -0.2) is 29.3 Å². The number of para-hydroxylation sites is 1. The highest BCUT2D eigenvalue weighted by Crippen LogP contribution is 2.56. The molecule has 2 aliphatic rings. The molecule has 150 valence electrons. The molecule has 2 aromatic rings. The number of hydrogen-bond acceptors (Lipinski definition) is 5. The standard InChI is InChI=1S/C22H22N2O4S/c1-14(2)15-7-9-16(10-8-15)23-19(25)13-28-21(27)22-12-11-20(26)24(22)17-5-3-4-6-18(17)29-22/h3-10,14H,11-13H2,1-2H3,(H,23,25). The lowest BCUT2D eigenvalue weighted by atomic mass is 10.0. The number of nitrogens with one attached hydrogen (secondary N) is 1. The summed E-state index contributed by atoms with van der Waals surface area (Å²) in [5.41, 5.74) is 2.55. The third-order valence-corrected chi connectivity index (χ3v) is 6.64. The molecule has 0 aliphatic carbocycles. The van der Waals surface area contributed by atoms with Crippen LogP contribution in [0, 0.1) is 0 Å². The maximum absolute atomic E-state index is 12.9. The highest BCUT2D eigenvalue weighted by molar-refractivity contribution is 8.02. The number of rotatable bonds is 5. The van der Waals surface area contributed by atoms with Gasteiger partial charge in [-0.05, 0) is 35.7 Å². The highest BCUT2D eigenvalue weighted by atomic mass is 32.2. The summed E-state index contributed by atoms with van der Waals surface area (Å²) in [5, 5.41) is 2.73. The molecule has 1 fully saturated rings. The number of fused-ring (bicyclic) bond motifs is 3. The van der Waals surface area contributed by atoms with Crippen molar-refractivity contribution in [3.05, 3.63) is 54.1 Å². The van der Waals surface area contributed by atoms with Gasteiger partial charge in [0.15, 0.2) is 11.5 Å². The van der Waals surface area contributed by atoms with Crippen molar-refractivity contribution in [2.75, 3.05) is 16.8 Å². The van der Waals surface area contributed by atoms with E-state index < -0.39 is 23.4 Å². The van der Waals surface area contributed by atoms with Crippen molar-refractivity contribution in [1.82, 2.24) is 0 Å². The van der Waals surface area contributed by atoms with E-state index in [1.54, 1.807) is 0 Å². The number of ether oxygens (including phenoxy) is 1. The maximum Gasteiger partial charge on any atom is 0.344 e. The molecule has 2 amide bonds. The molecular weight excluding hydrogens is 388 g/mol. The summed E-state index contributed by atoms with van der Waals surface area (Å²) in [6, 6.07) is 15.0. The highest BCUT2D eigenvalue weighted by Gasteiger charge is 2.58. The molecule has 29 heavy (non-hydrogen) atoms. The number of nitrogens with zero attached hydrogens (tertiary/aromatic N) is 1. The van der Waals surface area contributed by atoms with Crippen LogP contribution in [0.2, 0.25) is 0 Å². The van der Waals surface area contributed by atoms with Crippen molar-refractivity contribution in [2.24, 2.45) is 0 Å². The minimum Gasteiger partial charge on any atom is -0.453 e. The number of anilines is 2. The fraction of sp³-hybridized carbons (Fsp3) is 0.318. The number of carbonyl (C=O) groups excluding carboxylic acids is 3. The van der Waals surface area contributed by atoms with Crippen LogP contribution in [0.5, 0.6) is 0 Å². The van der Waals surface area contributed by atoms with Crippen molar-refractivity contribution >= 4 is 40.9 Å². The number of thioether (sulfide) groups is 1. The van der Waals surface area contributed by atoms with E-state index in [9.17, 15) is 14.4 Å². The molecular formula is C22H22N2O4S. The molecule has 0 aromatic heterocycles. The average Bonchev–Trinajstić information content (AvgIpc) is 3.22. The predicted octanol–water partition coefficient (Wildman–Crippen LogP) is 3.92. The predicted molar refractivity (Wildman–Crippen MR) is 112 cm³/mol. The molecule has 2 aliphatic heterocycles. The van der Waals surface area contributed by atoms with Gasteiger partial charge in [-0.1, -0.05) is 49.9 Å². The van der Waals surface area contributed by atoms with Crippen LogP contribution in [0.1, 0.15) is 38.2 Å². The van der Waals surface area contributed by atoms with Crippen LogP contribution in [-0.2, 0) is 19.1 Å². The minimum absolute atomic E-state index is 0.103. The smallest absolute Gasteiger partial charge is 0.344 e.